The predicted molar refractivity (Wildman–Crippen MR) is 98.7 cm³/mol. The van der Waals surface area contributed by atoms with Gasteiger partial charge in [0.15, 0.2) is 0 Å². The first-order valence-corrected chi connectivity index (χ1v) is 9.48. The van der Waals surface area contributed by atoms with E-state index < -0.39 is 11.8 Å². The van der Waals surface area contributed by atoms with Crippen LogP contribution in [0.2, 0.25) is 0 Å². The average molecular weight is 366 g/mol. The molecule has 2 rings (SSSR count). The number of amides is 3. The van der Waals surface area contributed by atoms with Gasteiger partial charge in [-0.15, -0.1) is 11.3 Å². The van der Waals surface area contributed by atoms with Crippen LogP contribution in [0.25, 0.3) is 0 Å². The second kappa shape index (κ2) is 8.96. The Labute approximate surface area is 151 Å². The molecule has 1 aromatic rings. The highest BCUT2D eigenvalue weighted by molar-refractivity contribution is 7.17. The van der Waals surface area contributed by atoms with Crippen molar-refractivity contribution in [3.63, 3.8) is 0 Å². The highest BCUT2D eigenvalue weighted by atomic mass is 32.1. The molecule has 0 unspecified atom stereocenters. The van der Waals surface area contributed by atoms with Crippen molar-refractivity contribution < 1.29 is 14.4 Å². The summed E-state index contributed by atoms with van der Waals surface area (Å²) < 4.78 is 0. The van der Waals surface area contributed by atoms with E-state index >= 15 is 0 Å². The number of nitrogens with two attached hydrogens (primary N) is 2. The molecule has 3 amide bonds. The largest absolute Gasteiger partial charge is 0.369 e. The van der Waals surface area contributed by atoms with Gasteiger partial charge in [0.05, 0.1) is 18.7 Å². The number of thiophene rings is 1. The summed E-state index contributed by atoms with van der Waals surface area (Å²) >= 11 is 1.43. The molecule has 0 atom stereocenters. The fourth-order valence-electron chi connectivity index (χ4n) is 3.10. The lowest BCUT2D eigenvalue weighted by molar-refractivity contribution is -0.121. The van der Waals surface area contributed by atoms with Crippen molar-refractivity contribution in [3.05, 3.63) is 16.0 Å². The Morgan fingerprint density at radius 2 is 1.88 bits per heavy atom. The number of carbonyl (C=O) groups is 3. The zero-order valence-corrected chi connectivity index (χ0v) is 15.4. The summed E-state index contributed by atoms with van der Waals surface area (Å²) in [6.45, 7) is 2.76. The topological polar surface area (TPSA) is 119 Å². The summed E-state index contributed by atoms with van der Waals surface area (Å²) in [5, 5.41) is 3.34. The minimum Gasteiger partial charge on any atom is -0.369 e. The summed E-state index contributed by atoms with van der Waals surface area (Å²) in [7, 11) is 0. The lowest BCUT2D eigenvalue weighted by atomic mass is 9.95. The van der Waals surface area contributed by atoms with Crippen LogP contribution < -0.4 is 16.8 Å². The molecule has 138 valence electrons. The normalized spacial score (nSPS) is 13.5. The molecule has 0 aliphatic heterocycles. The molecule has 0 aromatic carbocycles. The number of fused-ring (bicyclic) bond motifs is 1. The number of rotatable bonds is 9. The van der Waals surface area contributed by atoms with Crippen LogP contribution in [-0.2, 0) is 22.4 Å². The number of primary amides is 2. The number of anilines is 1. The summed E-state index contributed by atoms with van der Waals surface area (Å²) in [4.78, 5) is 38.3. The SMILES string of the molecule is CCCCN(CC(N)=O)CC(=O)Nc1sc2c(c1C(N)=O)CCCC2. The molecule has 0 spiro atoms. The van der Waals surface area contributed by atoms with Gasteiger partial charge in [0.1, 0.15) is 5.00 Å². The first-order chi connectivity index (χ1) is 11.9. The van der Waals surface area contributed by atoms with E-state index in [-0.39, 0.29) is 19.0 Å². The van der Waals surface area contributed by atoms with Gasteiger partial charge in [-0.2, -0.15) is 0 Å². The first kappa shape index (κ1) is 19.4. The molecule has 0 saturated heterocycles. The van der Waals surface area contributed by atoms with Crippen LogP contribution in [-0.4, -0.2) is 42.3 Å². The Balaban J connectivity index is 2.09. The maximum absolute atomic E-state index is 12.4. The number of nitrogens with one attached hydrogen (secondary N) is 1. The van der Waals surface area contributed by atoms with Gasteiger partial charge in [0.25, 0.3) is 5.91 Å². The van der Waals surface area contributed by atoms with Crippen LogP contribution in [0, 0.1) is 0 Å². The number of hydrogen-bond donors (Lipinski definition) is 3. The Hall–Kier alpha value is -1.93. The maximum Gasteiger partial charge on any atom is 0.251 e. The number of aryl methyl sites for hydroxylation is 1. The lowest BCUT2D eigenvalue weighted by Crippen LogP contribution is -2.39. The van der Waals surface area contributed by atoms with E-state index in [9.17, 15) is 14.4 Å². The zero-order chi connectivity index (χ0) is 18.4. The highest BCUT2D eigenvalue weighted by Crippen LogP contribution is 2.37. The predicted octanol–water partition coefficient (Wildman–Crippen LogP) is 1.25. The van der Waals surface area contributed by atoms with Gasteiger partial charge in [-0.1, -0.05) is 13.3 Å². The molecule has 1 aliphatic rings. The molecule has 25 heavy (non-hydrogen) atoms. The Kier molecular flexibility index (Phi) is 6.95. The molecule has 0 fully saturated rings. The second-order valence-electron chi connectivity index (χ2n) is 6.36. The van der Waals surface area contributed by atoms with Gasteiger partial charge < -0.3 is 16.8 Å². The van der Waals surface area contributed by atoms with Crippen molar-refractivity contribution in [1.29, 1.82) is 0 Å². The molecule has 0 radical (unpaired) electrons. The van der Waals surface area contributed by atoms with Gasteiger partial charge >= 0.3 is 0 Å². The molecule has 5 N–H and O–H groups in total. The van der Waals surface area contributed by atoms with Crippen molar-refractivity contribution in [2.24, 2.45) is 11.5 Å². The third-order valence-electron chi connectivity index (χ3n) is 4.25. The van der Waals surface area contributed by atoms with E-state index in [1.165, 1.54) is 11.3 Å². The molecular formula is C17H26N4O3S. The maximum atomic E-state index is 12.4. The van der Waals surface area contributed by atoms with E-state index in [1.54, 1.807) is 4.90 Å². The molecule has 8 heteroatoms. The Morgan fingerprint density at radius 3 is 2.52 bits per heavy atom. The molecule has 1 heterocycles. The van der Waals surface area contributed by atoms with Crippen LogP contribution in [0.3, 0.4) is 0 Å². The van der Waals surface area contributed by atoms with E-state index in [4.69, 9.17) is 11.5 Å². The van der Waals surface area contributed by atoms with Gasteiger partial charge in [-0.05, 0) is 44.2 Å². The van der Waals surface area contributed by atoms with E-state index in [0.717, 1.165) is 49.0 Å². The monoisotopic (exact) mass is 366 g/mol. The van der Waals surface area contributed by atoms with E-state index in [1.807, 2.05) is 6.92 Å². The smallest absolute Gasteiger partial charge is 0.251 e. The fraction of sp³-hybridized carbons (Fsp3) is 0.588. The van der Waals surface area contributed by atoms with Crippen molar-refractivity contribution >= 4 is 34.1 Å². The minimum absolute atomic E-state index is 0.0387. The number of nitrogens with zero attached hydrogens (tertiary/aromatic N) is 1. The van der Waals surface area contributed by atoms with Crippen LogP contribution in [0.4, 0.5) is 5.00 Å². The summed E-state index contributed by atoms with van der Waals surface area (Å²) in [6, 6.07) is 0. The average Bonchev–Trinajstić information content (AvgIpc) is 2.89. The van der Waals surface area contributed by atoms with Crippen molar-refractivity contribution in [2.45, 2.75) is 45.4 Å². The van der Waals surface area contributed by atoms with Crippen molar-refractivity contribution in [1.82, 2.24) is 4.90 Å². The third kappa shape index (κ3) is 5.27. The van der Waals surface area contributed by atoms with E-state index in [0.29, 0.717) is 17.1 Å². The molecule has 7 nitrogen and oxygen atoms in total. The third-order valence-corrected chi connectivity index (χ3v) is 5.45. The summed E-state index contributed by atoms with van der Waals surface area (Å²) in [5.41, 5.74) is 12.2. The van der Waals surface area contributed by atoms with Crippen LogP contribution in [0.15, 0.2) is 0 Å². The van der Waals surface area contributed by atoms with Crippen LogP contribution >= 0.6 is 11.3 Å². The zero-order valence-electron chi connectivity index (χ0n) is 14.6. The van der Waals surface area contributed by atoms with Gasteiger partial charge in [-0.25, -0.2) is 0 Å². The van der Waals surface area contributed by atoms with E-state index in [2.05, 4.69) is 5.32 Å². The summed E-state index contributed by atoms with van der Waals surface area (Å²) in [6.07, 6.45) is 5.69. The quantitative estimate of drug-likeness (QED) is 0.609. The molecule has 1 aliphatic carbocycles. The van der Waals surface area contributed by atoms with Crippen LogP contribution in [0.1, 0.15) is 53.4 Å². The van der Waals surface area contributed by atoms with Crippen molar-refractivity contribution in [3.8, 4) is 0 Å². The summed E-state index contributed by atoms with van der Waals surface area (Å²) in [5.74, 6) is -1.23. The molecule has 0 bridgehead atoms. The van der Waals surface area contributed by atoms with Gasteiger partial charge in [0, 0.05) is 4.88 Å². The fourth-order valence-corrected chi connectivity index (χ4v) is 4.41. The molecule has 1 aromatic heterocycles. The molecular weight excluding hydrogens is 340 g/mol. The first-order valence-electron chi connectivity index (χ1n) is 8.67. The number of hydrogen-bond acceptors (Lipinski definition) is 5. The Bertz CT molecular complexity index is 657. The lowest BCUT2D eigenvalue weighted by Gasteiger charge is -2.19. The van der Waals surface area contributed by atoms with Gasteiger partial charge in [-0.3, -0.25) is 19.3 Å². The molecule has 0 saturated carbocycles. The standard InChI is InChI=1S/C17H26N4O3S/c1-2-3-8-21(9-13(18)22)10-14(23)20-17-15(16(19)24)11-6-4-5-7-12(11)25-17/h2-10H2,1H3,(H2,18,22)(H2,19,24)(H,20,23). The minimum atomic E-state index is -0.505. The second-order valence-corrected chi connectivity index (χ2v) is 7.46. The van der Waals surface area contributed by atoms with Crippen molar-refractivity contribution in [2.75, 3.05) is 25.0 Å². The number of carbonyl (C=O) groups excluding carboxylic acids is 3. The number of unbranched alkanes of at least 4 members (excludes halogenated alkanes) is 1. The highest BCUT2D eigenvalue weighted by Gasteiger charge is 2.25. The van der Waals surface area contributed by atoms with Gasteiger partial charge in [0.2, 0.25) is 11.8 Å². The van der Waals surface area contributed by atoms with Crippen LogP contribution in [0.5, 0.6) is 0 Å². The Morgan fingerprint density at radius 1 is 1.16 bits per heavy atom.